The van der Waals surface area contributed by atoms with Gasteiger partial charge in [0.25, 0.3) is 5.69 Å². The summed E-state index contributed by atoms with van der Waals surface area (Å²) in [6, 6.07) is 6.42. The van der Waals surface area contributed by atoms with Crippen molar-refractivity contribution in [3.63, 3.8) is 0 Å². The highest BCUT2D eigenvalue weighted by Gasteiger charge is 2.25. The monoisotopic (exact) mass is 302 g/mol. The summed E-state index contributed by atoms with van der Waals surface area (Å²) in [5, 5.41) is 19.9. The molecular formula is C15H18N4O3. The Balaban J connectivity index is 2.07. The average Bonchev–Trinajstić information content (AvgIpc) is 2.95. The van der Waals surface area contributed by atoms with Gasteiger partial charge in [-0.15, -0.1) is 0 Å². The molecule has 1 aromatic rings. The fraction of sp³-hybridized carbons (Fsp3) is 0.467. The van der Waals surface area contributed by atoms with Crippen LogP contribution in [0.3, 0.4) is 0 Å². The van der Waals surface area contributed by atoms with Crippen molar-refractivity contribution in [3.05, 3.63) is 33.9 Å². The minimum absolute atomic E-state index is 0.0612. The number of anilines is 1. The third-order valence-corrected chi connectivity index (χ3v) is 4.00. The molecule has 22 heavy (non-hydrogen) atoms. The molecule has 1 aromatic carbocycles. The normalized spacial score (nSPS) is 17.1. The van der Waals surface area contributed by atoms with Crippen LogP contribution in [0.1, 0.15) is 18.9 Å². The van der Waals surface area contributed by atoms with E-state index in [0.29, 0.717) is 5.92 Å². The number of likely N-dealkylation sites (tertiary alicyclic amines) is 1. The lowest BCUT2D eigenvalue weighted by Crippen LogP contribution is -2.30. The number of hydrogen-bond donors (Lipinski definition) is 0. The number of hydrogen-bond acceptors (Lipinski definition) is 5. The van der Waals surface area contributed by atoms with E-state index in [9.17, 15) is 14.9 Å². The van der Waals surface area contributed by atoms with E-state index in [1.807, 2.05) is 22.9 Å². The van der Waals surface area contributed by atoms with E-state index >= 15 is 0 Å². The second-order valence-corrected chi connectivity index (χ2v) is 5.57. The molecule has 1 amide bonds. The lowest BCUT2D eigenvalue weighted by molar-refractivity contribution is -0.385. The molecule has 0 spiro atoms. The highest BCUT2D eigenvalue weighted by Crippen LogP contribution is 2.25. The van der Waals surface area contributed by atoms with Gasteiger partial charge in [0, 0.05) is 45.4 Å². The van der Waals surface area contributed by atoms with Crippen LogP contribution in [0.2, 0.25) is 0 Å². The van der Waals surface area contributed by atoms with Crippen LogP contribution in [0.4, 0.5) is 11.4 Å². The van der Waals surface area contributed by atoms with Gasteiger partial charge in [-0.25, -0.2) is 0 Å². The predicted octanol–water partition coefficient (Wildman–Crippen LogP) is 1.77. The number of nitrogens with zero attached hydrogens (tertiary/aromatic N) is 4. The molecule has 0 aromatic heterocycles. The first-order valence-corrected chi connectivity index (χ1v) is 7.07. The molecule has 0 saturated carbocycles. The minimum atomic E-state index is -0.552. The van der Waals surface area contributed by atoms with Gasteiger partial charge in [0.2, 0.25) is 5.91 Å². The van der Waals surface area contributed by atoms with Gasteiger partial charge in [0.1, 0.15) is 11.6 Å². The zero-order valence-corrected chi connectivity index (χ0v) is 12.7. The van der Waals surface area contributed by atoms with Gasteiger partial charge in [0.05, 0.1) is 4.92 Å². The van der Waals surface area contributed by atoms with Gasteiger partial charge < -0.3 is 9.80 Å². The minimum Gasteiger partial charge on any atom is -0.374 e. The van der Waals surface area contributed by atoms with Crippen molar-refractivity contribution in [2.24, 2.45) is 5.92 Å². The van der Waals surface area contributed by atoms with Crippen molar-refractivity contribution in [2.45, 2.75) is 13.3 Å². The van der Waals surface area contributed by atoms with E-state index < -0.39 is 4.92 Å². The maximum atomic E-state index is 11.3. The first kappa shape index (κ1) is 15.8. The van der Waals surface area contributed by atoms with Crippen LogP contribution in [0.5, 0.6) is 0 Å². The Kier molecular flexibility index (Phi) is 4.61. The number of nitro groups is 1. The molecular weight excluding hydrogens is 284 g/mol. The SMILES string of the molecule is CC(=O)N1CC[C@H](CN(C)c2ccc([N+](=O)[O-])c(C#N)c2)C1. The van der Waals surface area contributed by atoms with Crippen molar-refractivity contribution in [1.29, 1.82) is 5.26 Å². The van der Waals surface area contributed by atoms with E-state index in [4.69, 9.17) is 5.26 Å². The van der Waals surface area contributed by atoms with E-state index in [0.717, 1.165) is 31.7 Å². The number of amides is 1. The van der Waals surface area contributed by atoms with Crippen LogP contribution in [-0.2, 0) is 4.79 Å². The summed E-state index contributed by atoms with van der Waals surface area (Å²) in [5.74, 6) is 0.460. The van der Waals surface area contributed by atoms with Crippen LogP contribution in [0.25, 0.3) is 0 Å². The van der Waals surface area contributed by atoms with Gasteiger partial charge in [0.15, 0.2) is 0 Å². The molecule has 0 bridgehead atoms. The molecule has 1 saturated heterocycles. The Hall–Kier alpha value is -2.62. The zero-order valence-electron chi connectivity index (χ0n) is 12.7. The molecule has 0 radical (unpaired) electrons. The zero-order chi connectivity index (χ0) is 16.3. The van der Waals surface area contributed by atoms with Crippen LogP contribution in [0, 0.1) is 27.4 Å². The number of nitro benzene ring substituents is 1. The average molecular weight is 302 g/mol. The van der Waals surface area contributed by atoms with Gasteiger partial charge in [-0.1, -0.05) is 0 Å². The van der Waals surface area contributed by atoms with E-state index in [2.05, 4.69) is 0 Å². The van der Waals surface area contributed by atoms with Gasteiger partial charge >= 0.3 is 0 Å². The highest BCUT2D eigenvalue weighted by molar-refractivity contribution is 5.73. The van der Waals surface area contributed by atoms with Gasteiger partial charge in [-0.3, -0.25) is 14.9 Å². The summed E-state index contributed by atoms with van der Waals surface area (Å²) in [4.78, 5) is 25.4. The molecule has 1 atom stereocenters. The summed E-state index contributed by atoms with van der Waals surface area (Å²) < 4.78 is 0. The lowest BCUT2D eigenvalue weighted by Gasteiger charge is -2.23. The summed E-state index contributed by atoms with van der Waals surface area (Å²) in [6.07, 6.45) is 0.946. The van der Waals surface area contributed by atoms with Crippen molar-refractivity contribution in [1.82, 2.24) is 4.90 Å². The van der Waals surface area contributed by atoms with E-state index in [1.165, 1.54) is 12.1 Å². The molecule has 1 fully saturated rings. The molecule has 7 nitrogen and oxygen atoms in total. The standard InChI is InChI=1S/C15H18N4O3/c1-11(20)18-6-5-12(10-18)9-17(2)14-3-4-15(19(21)22)13(7-14)8-16/h3-4,7,12H,5-6,9-10H2,1-2H3/t12-/m1/s1. The molecule has 116 valence electrons. The first-order chi connectivity index (χ1) is 10.4. The predicted molar refractivity (Wildman–Crippen MR) is 81.4 cm³/mol. The smallest absolute Gasteiger partial charge is 0.287 e. The topological polar surface area (TPSA) is 90.5 Å². The maximum Gasteiger partial charge on any atom is 0.287 e. The summed E-state index contributed by atoms with van der Waals surface area (Å²) in [7, 11) is 1.89. The molecule has 0 unspecified atom stereocenters. The Morgan fingerprint density at radius 2 is 2.32 bits per heavy atom. The van der Waals surface area contributed by atoms with Crippen molar-refractivity contribution >= 4 is 17.3 Å². The quantitative estimate of drug-likeness (QED) is 0.624. The van der Waals surface area contributed by atoms with Crippen LogP contribution in [-0.4, -0.2) is 42.4 Å². The van der Waals surface area contributed by atoms with E-state index in [-0.39, 0.29) is 17.2 Å². The lowest BCUT2D eigenvalue weighted by atomic mass is 10.1. The second-order valence-electron chi connectivity index (χ2n) is 5.57. The summed E-state index contributed by atoms with van der Waals surface area (Å²) in [5.41, 5.74) is 0.651. The second kappa shape index (κ2) is 6.43. The number of carbonyl (C=O) groups excluding carboxylic acids is 1. The van der Waals surface area contributed by atoms with E-state index in [1.54, 1.807) is 13.0 Å². The number of nitriles is 1. The molecule has 0 N–H and O–H groups in total. The third kappa shape index (κ3) is 3.34. The summed E-state index contributed by atoms with van der Waals surface area (Å²) in [6.45, 7) is 3.82. The molecule has 1 aliphatic rings. The number of benzene rings is 1. The Morgan fingerprint density at radius 1 is 1.59 bits per heavy atom. The van der Waals surface area contributed by atoms with Crippen LogP contribution in [0.15, 0.2) is 18.2 Å². The molecule has 2 rings (SSSR count). The first-order valence-electron chi connectivity index (χ1n) is 7.07. The van der Waals surface area contributed by atoms with Crippen molar-refractivity contribution < 1.29 is 9.72 Å². The fourth-order valence-corrected chi connectivity index (χ4v) is 2.77. The number of carbonyl (C=O) groups is 1. The maximum absolute atomic E-state index is 11.3. The van der Waals surface area contributed by atoms with Gasteiger partial charge in [-0.2, -0.15) is 5.26 Å². The highest BCUT2D eigenvalue weighted by atomic mass is 16.6. The Bertz CT molecular complexity index is 638. The van der Waals surface area contributed by atoms with Crippen molar-refractivity contribution in [3.8, 4) is 6.07 Å². The number of rotatable bonds is 4. The molecule has 1 aliphatic heterocycles. The molecule has 7 heteroatoms. The van der Waals surface area contributed by atoms with Crippen molar-refractivity contribution in [2.75, 3.05) is 31.6 Å². The Labute approximate surface area is 128 Å². The van der Waals surface area contributed by atoms with Gasteiger partial charge in [-0.05, 0) is 24.5 Å². The molecule has 0 aliphatic carbocycles. The largest absolute Gasteiger partial charge is 0.374 e. The Morgan fingerprint density at radius 3 is 2.86 bits per heavy atom. The third-order valence-electron chi connectivity index (χ3n) is 4.00. The van der Waals surface area contributed by atoms with Crippen LogP contribution >= 0.6 is 0 Å². The molecule has 1 heterocycles. The van der Waals surface area contributed by atoms with Crippen LogP contribution < -0.4 is 4.90 Å². The fourth-order valence-electron chi connectivity index (χ4n) is 2.77. The summed E-state index contributed by atoms with van der Waals surface area (Å²) >= 11 is 0.